The van der Waals surface area contributed by atoms with Gasteiger partial charge in [-0.15, -0.1) is 10.2 Å². The van der Waals surface area contributed by atoms with Crippen LogP contribution >= 0.6 is 11.3 Å². The zero-order valence-electron chi connectivity index (χ0n) is 14.7. The molecule has 0 bridgehead atoms. The van der Waals surface area contributed by atoms with Gasteiger partial charge in [0.05, 0.1) is 13.7 Å². The van der Waals surface area contributed by atoms with E-state index in [0.29, 0.717) is 23.2 Å². The number of hydrogen-bond donors (Lipinski definition) is 1. The van der Waals surface area contributed by atoms with Gasteiger partial charge in [0.15, 0.2) is 11.5 Å². The number of amides is 1. The number of methoxy groups -OCH3 is 1. The molecule has 0 fully saturated rings. The molecule has 134 valence electrons. The lowest BCUT2D eigenvalue weighted by Crippen LogP contribution is -2.07. The summed E-state index contributed by atoms with van der Waals surface area (Å²) in [6.45, 7) is 4.76. The largest absolute Gasteiger partial charge is 0.493 e. The van der Waals surface area contributed by atoms with Crippen LogP contribution < -0.4 is 14.8 Å². The first-order valence-corrected chi connectivity index (χ1v) is 9.10. The number of nitrogens with zero attached hydrogens (tertiary/aromatic N) is 2. The summed E-state index contributed by atoms with van der Waals surface area (Å²) in [4.78, 5) is 12.0. The number of rotatable bonds is 9. The molecule has 25 heavy (non-hydrogen) atoms. The van der Waals surface area contributed by atoms with Gasteiger partial charge in [-0.05, 0) is 36.6 Å². The van der Waals surface area contributed by atoms with Crippen molar-refractivity contribution in [3.63, 3.8) is 0 Å². The van der Waals surface area contributed by atoms with Crippen LogP contribution in [0.4, 0.5) is 5.13 Å². The number of carbonyl (C=O) groups is 1. The predicted molar refractivity (Wildman–Crippen MR) is 100 cm³/mol. The highest BCUT2D eigenvalue weighted by Gasteiger charge is 2.07. The van der Waals surface area contributed by atoms with E-state index in [9.17, 15) is 4.79 Å². The Balaban J connectivity index is 1.98. The first kappa shape index (κ1) is 18.9. The maximum Gasteiger partial charge on any atom is 0.250 e. The van der Waals surface area contributed by atoms with E-state index in [4.69, 9.17) is 9.47 Å². The molecule has 0 spiro atoms. The zero-order valence-corrected chi connectivity index (χ0v) is 15.6. The topological polar surface area (TPSA) is 73.3 Å². The minimum atomic E-state index is -0.246. The van der Waals surface area contributed by atoms with Gasteiger partial charge in [0.1, 0.15) is 5.01 Å². The molecule has 1 amide bonds. The zero-order chi connectivity index (χ0) is 18.1. The van der Waals surface area contributed by atoms with Crippen molar-refractivity contribution in [1.29, 1.82) is 0 Å². The lowest BCUT2D eigenvalue weighted by atomic mass is 10.2. The van der Waals surface area contributed by atoms with Crippen LogP contribution in [0.15, 0.2) is 24.3 Å². The molecule has 1 heterocycles. The Labute approximate surface area is 151 Å². The third kappa shape index (κ3) is 5.86. The van der Waals surface area contributed by atoms with E-state index in [1.807, 2.05) is 25.1 Å². The van der Waals surface area contributed by atoms with Crippen LogP contribution in [0.5, 0.6) is 11.5 Å². The highest BCUT2D eigenvalue weighted by Crippen LogP contribution is 2.28. The van der Waals surface area contributed by atoms with Gasteiger partial charge in [-0.1, -0.05) is 31.3 Å². The molecule has 2 rings (SSSR count). The Kier molecular flexibility index (Phi) is 7.40. The van der Waals surface area contributed by atoms with Crippen LogP contribution in [-0.2, 0) is 11.2 Å². The van der Waals surface area contributed by atoms with Crippen LogP contribution in [0.25, 0.3) is 6.08 Å². The van der Waals surface area contributed by atoms with E-state index >= 15 is 0 Å². The van der Waals surface area contributed by atoms with Crippen molar-refractivity contribution >= 4 is 28.5 Å². The molecule has 1 aromatic carbocycles. The Hall–Kier alpha value is -2.41. The van der Waals surface area contributed by atoms with E-state index in [1.165, 1.54) is 17.4 Å². The molecule has 0 aliphatic rings. The van der Waals surface area contributed by atoms with Crippen molar-refractivity contribution in [3.05, 3.63) is 34.8 Å². The molecular formula is C18H23N3O3S. The van der Waals surface area contributed by atoms with Crippen molar-refractivity contribution in [1.82, 2.24) is 10.2 Å². The van der Waals surface area contributed by atoms with Crippen LogP contribution in [0.2, 0.25) is 0 Å². The summed E-state index contributed by atoms with van der Waals surface area (Å²) in [7, 11) is 1.59. The van der Waals surface area contributed by atoms with E-state index in [2.05, 4.69) is 22.4 Å². The van der Waals surface area contributed by atoms with Crippen LogP contribution in [-0.4, -0.2) is 29.8 Å². The van der Waals surface area contributed by atoms with Crippen LogP contribution in [0.1, 0.15) is 37.3 Å². The summed E-state index contributed by atoms with van der Waals surface area (Å²) >= 11 is 1.40. The van der Waals surface area contributed by atoms with E-state index < -0.39 is 0 Å². The second kappa shape index (κ2) is 9.78. The van der Waals surface area contributed by atoms with E-state index in [-0.39, 0.29) is 5.91 Å². The monoisotopic (exact) mass is 361 g/mol. The van der Waals surface area contributed by atoms with Crippen molar-refractivity contribution < 1.29 is 14.3 Å². The summed E-state index contributed by atoms with van der Waals surface area (Å²) in [6.07, 6.45) is 5.98. The summed E-state index contributed by atoms with van der Waals surface area (Å²) in [5.41, 5.74) is 0.847. The third-order valence-corrected chi connectivity index (χ3v) is 4.14. The average molecular weight is 361 g/mol. The fourth-order valence-corrected chi connectivity index (χ4v) is 2.90. The fourth-order valence-electron chi connectivity index (χ4n) is 2.06. The van der Waals surface area contributed by atoms with E-state index in [0.717, 1.165) is 29.8 Å². The Morgan fingerprint density at radius 3 is 2.80 bits per heavy atom. The van der Waals surface area contributed by atoms with Gasteiger partial charge in [0.2, 0.25) is 11.0 Å². The van der Waals surface area contributed by atoms with Crippen molar-refractivity contribution in [2.75, 3.05) is 19.0 Å². The second-order valence-electron chi connectivity index (χ2n) is 5.33. The Morgan fingerprint density at radius 1 is 1.24 bits per heavy atom. The Morgan fingerprint density at radius 2 is 2.08 bits per heavy atom. The van der Waals surface area contributed by atoms with Crippen molar-refractivity contribution in [2.24, 2.45) is 0 Å². The number of aryl methyl sites for hydroxylation is 1. The number of carbonyl (C=O) groups excluding carboxylic acids is 1. The van der Waals surface area contributed by atoms with E-state index in [1.54, 1.807) is 13.2 Å². The fraction of sp³-hybridized carbons (Fsp3) is 0.389. The average Bonchev–Trinajstić information content (AvgIpc) is 3.05. The summed E-state index contributed by atoms with van der Waals surface area (Å²) in [5.74, 6) is 1.09. The second-order valence-corrected chi connectivity index (χ2v) is 6.39. The van der Waals surface area contributed by atoms with Crippen LogP contribution in [0, 0.1) is 0 Å². The Bertz CT molecular complexity index is 728. The van der Waals surface area contributed by atoms with Gasteiger partial charge in [0.25, 0.3) is 0 Å². The first-order valence-electron chi connectivity index (χ1n) is 8.28. The quantitative estimate of drug-likeness (QED) is 0.685. The molecule has 0 aliphatic heterocycles. The third-order valence-electron chi connectivity index (χ3n) is 3.24. The molecule has 2 aromatic rings. The van der Waals surface area contributed by atoms with Crippen LogP contribution in [0.3, 0.4) is 0 Å². The standard InChI is InChI=1S/C18H23N3O3S/c1-4-6-17-20-21-18(25-17)19-16(22)10-8-13-7-9-14(24-11-5-2)15(12-13)23-3/h7-10,12H,4-6,11H2,1-3H3,(H,19,21,22)/b10-8+. The predicted octanol–water partition coefficient (Wildman–Crippen LogP) is 3.94. The molecule has 0 saturated carbocycles. The highest BCUT2D eigenvalue weighted by atomic mass is 32.1. The lowest BCUT2D eigenvalue weighted by molar-refractivity contribution is -0.111. The maximum atomic E-state index is 12.0. The first-order chi connectivity index (χ1) is 12.2. The summed E-state index contributed by atoms with van der Waals surface area (Å²) < 4.78 is 11.0. The smallest absolute Gasteiger partial charge is 0.250 e. The minimum Gasteiger partial charge on any atom is -0.493 e. The summed E-state index contributed by atoms with van der Waals surface area (Å²) in [5, 5.41) is 12.2. The number of hydrogen-bond acceptors (Lipinski definition) is 6. The van der Waals surface area contributed by atoms with Gasteiger partial charge >= 0.3 is 0 Å². The number of benzene rings is 1. The van der Waals surface area contributed by atoms with Crippen molar-refractivity contribution in [2.45, 2.75) is 33.1 Å². The molecule has 0 atom stereocenters. The maximum absolute atomic E-state index is 12.0. The highest BCUT2D eigenvalue weighted by molar-refractivity contribution is 7.15. The van der Waals surface area contributed by atoms with Gasteiger partial charge in [-0.3, -0.25) is 10.1 Å². The number of nitrogens with one attached hydrogen (secondary N) is 1. The number of ether oxygens (including phenoxy) is 2. The normalized spacial score (nSPS) is 10.8. The lowest BCUT2D eigenvalue weighted by Gasteiger charge is -2.10. The SMILES string of the molecule is CCCOc1ccc(/C=C/C(=O)Nc2nnc(CCC)s2)cc1OC. The molecule has 0 radical (unpaired) electrons. The molecule has 7 heteroatoms. The molecule has 0 aliphatic carbocycles. The number of anilines is 1. The molecule has 6 nitrogen and oxygen atoms in total. The summed E-state index contributed by atoms with van der Waals surface area (Å²) in [6, 6.07) is 5.55. The van der Waals surface area contributed by atoms with Crippen molar-refractivity contribution in [3.8, 4) is 11.5 Å². The number of aromatic nitrogens is 2. The molecular weight excluding hydrogens is 338 g/mol. The van der Waals surface area contributed by atoms with Gasteiger partial charge < -0.3 is 9.47 Å². The molecule has 0 unspecified atom stereocenters. The molecule has 0 saturated heterocycles. The minimum absolute atomic E-state index is 0.246. The van der Waals surface area contributed by atoms with Gasteiger partial charge in [0, 0.05) is 12.5 Å². The molecule has 1 aromatic heterocycles. The molecule has 1 N–H and O–H groups in total. The van der Waals surface area contributed by atoms with Gasteiger partial charge in [-0.2, -0.15) is 0 Å². The van der Waals surface area contributed by atoms with Gasteiger partial charge in [-0.25, -0.2) is 0 Å².